The molecule has 74 valence electrons. The molecule has 0 aromatic rings. The monoisotopic (exact) mass is 191 g/mol. The van der Waals surface area contributed by atoms with Gasteiger partial charge in [-0.1, -0.05) is 13.8 Å². The van der Waals surface area contributed by atoms with E-state index in [1.165, 1.54) is 0 Å². The van der Waals surface area contributed by atoms with E-state index in [2.05, 4.69) is 19.2 Å². The van der Waals surface area contributed by atoms with Crippen LogP contribution in [0.25, 0.3) is 0 Å². The zero-order valence-electron chi connectivity index (χ0n) is 8.18. The topological polar surface area (TPSA) is 32.3 Å². The molecule has 0 radical (unpaired) electrons. The molecule has 0 unspecified atom stereocenters. The number of nitrogens with one attached hydrogen (secondary N) is 1. The number of rotatable bonds is 8. The molecule has 0 rings (SSSR count). The summed E-state index contributed by atoms with van der Waals surface area (Å²) < 4.78 is 0. The van der Waals surface area contributed by atoms with Crippen molar-refractivity contribution in [2.45, 2.75) is 20.3 Å². The van der Waals surface area contributed by atoms with Crippen molar-refractivity contribution in [3.05, 3.63) is 0 Å². The molecule has 0 spiro atoms. The smallest absolute Gasteiger partial charge is 0.0438 e. The Morgan fingerprint density at radius 1 is 1.33 bits per heavy atom. The van der Waals surface area contributed by atoms with Crippen molar-refractivity contribution in [3.8, 4) is 0 Å². The third-order valence-corrected chi connectivity index (χ3v) is 2.49. The van der Waals surface area contributed by atoms with Crippen LogP contribution in [0.15, 0.2) is 0 Å². The van der Waals surface area contributed by atoms with Crippen molar-refractivity contribution in [1.82, 2.24) is 5.32 Å². The van der Waals surface area contributed by atoms with Crippen LogP contribution >= 0.6 is 11.8 Å². The van der Waals surface area contributed by atoms with Crippen LogP contribution < -0.4 is 5.32 Å². The molecule has 0 aliphatic rings. The Hall–Kier alpha value is 0.270. The molecule has 0 aromatic carbocycles. The first-order chi connectivity index (χ1) is 5.77. The van der Waals surface area contributed by atoms with E-state index in [9.17, 15) is 0 Å². The van der Waals surface area contributed by atoms with Gasteiger partial charge in [-0.15, -0.1) is 0 Å². The van der Waals surface area contributed by atoms with Gasteiger partial charge in [0, 0.05) is 18.9 Å². The maximum atomic E-state index is 8.51. The van der Waals surface area contributed by atoms with E-state index in [1.807, 2.05) is 11.8 Å². The maximum Gasteiger partial charge on any atom is 0.0438 e. The fourth-order valence-corrected chi connectivity index (χ4v) is 1.63. The summed E-state index contributed by atoms with van der Waals surface area (Å²) in [6, 6.07) is 0. The predicted molar refractivity (Wildman–Crippen MR) is 56.7 cm³/mol. The summed E-state index contributed by atoms with van der Waals surface area (Å²) in [5.74, 6) is 2.99. The normalized spacial score (nSPS) is 11.0. The highest BCUT2D eigenvalue weighted by molar-refractivity contribution is 7.99. The zero-order chi connectivity index (χ0) is 9.23. The molecule has 0 aliphatic heterocycles. The molecule has 0 fully saturated rings. The molecular formula is C9H21NOS. The minimum Gasteiger partial charge on any atom is -0.396 e. The first kappa shape index (κ1) is 12.3. The molecule has 0 aliphatic carbocycles. The fourth-order valence-electron chi connectivity index (χ4n) is 0.804. The summed E-state index contributed by atoms with van der Waals surface area (Å²) in [4.78, 5) is 0. The van der Waals surface area contributed by atoms with E-state index < -0.39 is 0 Å². The summed E-state index contributed by atoms with van der Waals surface area (Å²) in [7, 11) is 0. The second kappa shape index (κ2) is 9.36. The van der Waals surface area contributed by atoms with Gasteiger partial charge in [-0.05, 0) is 24.6 Å². The molecular weight excluding hydrogens is 170 g/mol. The number of aliphatic hydroxyl groups is 1. The highest BCUT2D eigenvalue weighted by atomic mass is 32.2. The molecule has 2 N–H and O–H groups in total. The van der Waals surface area contributed by atoms with Gasteiger partial charge in [-0.25, -0.2) is 0 Å². The third-order valence-electron chi connectivity index (χ3n) is 1.42. The van der Waals surface area contributed by atoms with E-state index in [0.29, 0.717) is 6.61 Å². The van der Waals surface area contributed by atoms with Crippen LogP contribution in [0.3, 0.4) is 0 Å². The van der Waals surface area contributed by atoms with Crippen LogP contribution in [0.2, 0.25) is 0 Å². The second-order valence-electron chi connectivity index (χ2n) is 3.29. The largest absolute Gasteiger partial charge is 0.396 e. The van der Waals surface area contributed by atoms with Crippen molar-refractivity contribution in [3.63, 3.8) is 0 Å². The van der Waals surface area contributed by atoms with Crippen LogP contribution in [0, 0.1) is 5.92 Å². The van der Waals surface area contributed by atoms with Crippen LogP contribution in [0.1, 0.15) is 20.3 Å². The number of hydrogen-bond donors (Lipinski definition) is 2. The quantitative estimate of drug-likeness (QED) is 0.568. The first-order valence-electron chi connectivity index (χ1n) is 4.66. The fraction of sp³-hybridized carbons (Fsp3) is 1.00. The van der Waals surface area contributed by atoms with E-state index in [-0.39, 0.29) is 0 Å². The molecule has 0 heterocycles. The average Bonchev–Trinajstić information content (AvgIpc) is 2.02. The highest BCUT2D eigenvalue weighted by Crippen LogP contribution is 2.00. The van der Waals surface area contributed by atoms with Crippen molar-refractivity contribution < 1.29 is 5.11 Å². The molecule has 12 heavy (non-hydrogen) atoms. The van der Waals surface area contributed by atoms with Gasteiger partial charge in [0.05, 0.1) is 0 Å². The van der Waals surface area contributed by atoms with Crippen molar-refractivity contribution in [1.29, 1.82) is 0 Å². The van der Waals surface area contributed by atoms with Crippen LogP contribution in [0.4, 0.5) is 0 Å². The molecule has 0 saturated carbocycles. The third kappa shape index (κ3) is 10.3. The summed E-state index contributed by atoms with van der Waals surface area (Å²) in [6.07, 6.45) is 0.925. The lowest BCUT2D eigenvalue weighted by molar-refractivity contribution is 0.296. The van der Waals surface area contributed by atoms with Crippen LogP contribution in [-0.2, 0) is 0 Å². The van der Waals surface area contributed by atoms with Gasteiger partial charge in [0.1, 0.15) is 0 Å². The molecule has 0 saturated heterocycles. The van der Waals surface area contributed by atoms with Crippen molar-refractivity contribution >= 4 is 11.8 Å². The Labute approximate surface area is 80.1 Å². The predicted octanol–water partition coefficient (Wildman–Crippen LogP) is 1.35. The Morgan fingerprint density at radius 2 is 2.08 bits per heavy atom. The molecule has 0 aromatic heterocycles. The summed E-state index contributed by atoms with van der Waals surface area (Å²) in [6.45, 7) is 6.96. The molecule has 2 nitrogen and oxygen atoms in total. The van der Waals surface area contributed by atoms with Gasteiger partial charge in [-0.3, -0.25) is 0 Å². The molecule has 0 bridgehead atoms. The van der Waals surface area contributed by atoms with Gasteiger partial charge >= 0.3 is 0 Å². The van der Waals surface area contributed by atoms with Gasteiger partial charge in [-0.2, -0.15) is 11.8 Å². The van der Waals surface area contributed by atoms with Crippen LogP contribution in [-0.4, -0.2) is 36.3 Å². The Morgan fingerprint density at radius 3 is 2.67 bits per heavy atom. The molecule has 0 amide bonds. The van der Waals surface area contributed by atoms with Gasteiger partial charge in [0.2, 0.25) is 0 Å². The van der Waals surface area contributed by atoms with E-state index in [0.717, 1.165) is 36.9 Å². The summed E-state index contributed by atoms with van der Waals surface area (Å²) in [5, 5.41) is 11.9. The Bertz CT molecular complexity index is 88.6. The zero-order valence-corrected chi connectivity index (χ0v) is 8.99. The first-order valence-corrected chi connectivity index (χ1v) is 5.82. The van der Waals surface area contributed by atoms with Crippen molar-refractivity contribution in [2.75, 3.05) is 31.2 Å². The summed E-state index contributed by atoms with van der Waals surface area (Å²) in [5.41, 5.74) is 0. The highest BCUT2D eigenvalue weighted by Gasteiger charge is 1.92. The lowest BCUT2D eigenvalue weighted by Gasteiger charge is -2.06. The van der Waals surface area contributed by atoms with E-state index in [1.54, 1.807) is 0 Å². The van der Waals surface area contributed by atoms with Crippen LogP contribution in [0.5, 0.6) is 0 Å². The Balaban J connectivity index is 2.82. The average molecular weight is 191 g/mol. The van der Waals surface area contributed by atoms with E-state index >= 15 is 0 Å². The standard InChI is InChI=1S/C9H21NOS/c1-9(2)8-10-4-7-12-6-3-5-11/h9-11H,3-8H2,1-2H3. The van der Waals surface area contributed by atoms with Gasteiger partial charge < -0.3 is 10.4 Å². The van der Waals surface area contributed by atoms with Crippen molar-refractivity contribution in [2.24, 2.45) is 5.92 Å². The molecule has 3 heteroatoms. The minimum absolute atomic E-state index is 0.326. The Kier molecular flexibility index (Phi) is 9.57. The van der Waals surface area contributed by atoms with Gasteiger partial charge in [0.25, 0.3) is 0 Å². The van der Waals surface area contributed by atoms with E-state index in [4.69, 9.17) is 5.11 Å². The summed E-state index contributed by atoms with van der Waals surface area (Å²) >= 11 is 1.91. The lowest BCUT2D eigenvalue weighted by Crippen LogP contribution is -2.22. The second-order valence-corrected chi connectivity index (χ2v) is 4.51. The number of thioether (sulfide) groups is 1. The van der Waals surface area contributed by atoms with Gasteiger partial charge in [0.15, 0.2) is 0 Å². The molecule has 0 atom stereocenters. The minimum atomic E-state index is 0.326. The number of aliphatic hydroxyl groups excluding tert-OH is 1. The lowest BCUT2D eigenvalue weighted by atomic mass is 10.2. The number of hydrogen-bond acceptors (Lipinski definition) is 3. The SMILES string of the molecule is CC(C)CNCCSCCCO. The maximum absolute atomic E-state index is 8.51.